The van der Waals surface area contributed by atoms with Gasteiger partial charge in [-0.05, 0) is 18.9 Å². The normalized spacial score (nSPS) is 17.1. The van der Waals surface area contributed by atoms with Gasteiger partial charge in [0, 0.05) is 24.9 Å². The standard InChI is InChI=1S/C18H24N4O2/c1-3-4-11-22-18(14-9-10-17(23)19-14)20-16(21-22)12-13-7-5-6-8-15(13)24-2/h5-8,14H,3-4,9-12H2,1-2H3,(H,19,23). The van der Waals surface area contributed by atoms with E-state index < -0.39 is 0 Å². The third kappa shape index (κ3) is 3.58. The zero-order valence-corrected chi connectivity index (χ0v) is 14.3. The highest BCUT2D eigenvalue weighted by molar-refractivity contribution is 5.78. The number of para-hydroxylation sites is 1. The lowest BCUT2D eigenvalue weighted by Crippen LogP contribution is -2.22. The van der Waals surface area contributed by atoms with Crippen LogP contribution in [0, 0.1) is 0 Å². The molecule has 2 aromatic rings. The number of nitrogens with one attached hydrogen (secondary N) is 1. The van der Waals surface area contributed by atoms with Crippen molar-refractivity contribution in [2.24, 2.45) is 0 Å². The molecule has 0 aliphatic carbocycles. The van der Waals surface area contributed by atoms with Crippen LogP contribution < -0.4 is 10.1 Å². The summed E-state index contributed by atoms with van der Waals surface area (Å²) in [6.45, 7) is 2.99. The average Bonchev–Trinajstić information content (AvgIpc) is 3.19. The number of carbonyl (C=O) groups is 1. The largest absolute Gasteiger partial charge is 0.496 e. The summed E-state index contributed by atoms with van der Waals surface area (Å²) in [5.74, 6) is 2.58. The molecular formula is C18H24N4O2. The lowest BCUT2D eigenvalue weighted by Gasteiger charge is -2.10. The van der Waals surface area contributed by atoms with Crippen LogP contribution >= 0.6 is 0 Å². The number of nitrogens with zero attached hydrogens (tertiary/aromatic N) is 3. The first-order valence-corrected chi connectivity index (χ1v) is 8.56. The van der Waals surface area contributed by atoms with Gasteiger partial charge in [0.1, 0.15) is 11.6 Å². The van der Waals surface area contributed by atoms with E-state index in [1.54, 1.807) is 7.11 Å². The van der Waals surface area contributed by atoms with Crippen LogP contribution in [-0.4, -0.2) is 27.8 Å². The number of aryl methyl sites for hydroxylation is 1. The van der Waals surface area contributed by atoms with Crippen LogP contribution in [0.4, 0.5) is 0 Å². The second-order valence-electron chi connectivity index (χ2n) is 6.11. The number of aromatic nitrogens is 3. The second-order valence-corrected chi connectivity index (χ2v) is 6.11. The number of methoxy groups -OCH3 is 1. The fourth-order valence-corrected chi connectivity index (χ4v) is 3.04. The molecule has 1 aromatic heterocycles. The van der Waals surface area contributed by atoms with E-state index in [4.69, 9.17) is 9.72 Å². The molecule has 1 amide bonds. The van der Waals surface area contributed by atoms with Gasteiger partial charge in [0.05, 0.1) is 13.2 Å². The Morgan fingerprint density at radius 2 is 2.21 bits per heavy atom. The van der Waals surface area contributed by atoms with Crippen LogP contribution in [-0.2, 0) is 17.8 Å². The highest BCUT2D eigenvalue weighted by Gasteiger charge is 2.27. The van der Waals surface area contributed by atoms with Crippen molar-refractivity contribution < 1.29 is 9.53 Å². The van der Waals surface area contributed by atoms with Gasteiger partial charge in [0.2, 0.25) is 5.91 Å². The van der Waals surface area contributed by atoms with Gasteiger partial charge in [-0.1, -0.05) is 31.5 Å². The molecule has 1 aliphatic rings. The Kier molecular flexibility index (Phi) is 5.13. The molecule has 1 atom stereocenters. The van der Waals surface area contributed by atoms with E-state index in [2.05, 4.69) is 17.3 Å². The van der Waals surface area contributed by atoms with E-state index in [0.717, 1.165) is 48.8 Å². The second kappa shape index (κ2) is 7.47. The zero-order valence-electron chi connectivity index (χ0n) is 14.3. The Balaban J connectivity index is 1.85. The van der Waals surface area contributed by atoms with Crippen molar-refractivity contribution in [2.45, 2.75) is 51.6 Å². The van der Waals surface area contributed by atoms with Crippen LogP contribution in [0.2, 0.25) is 0 Å². The van der Waals surface area contributed by atoms with Crippen molar-refractivity contribution in [3.05, 3.63) is 41.5 Å². The Morgan fingerprint density at radius 1 is 1.38 bits per heavy atom. The number of hydrogen-bond donors (Lipinski definition) is 1. The highest BCUT2D eigenvalue weighted by Crippen LogP contribution is 2.25. The summed E-state index contributed by atoms with van der Waals surface area (Å²) in [4.78, 5) is 16.3. The Morgan fingerprint density at radius 3 is 2.92 bits per heavy atom. The van der Waals surface area contributed by atoms with Gasteiger partial charge in [-0.25, -0.2) is 9.67 Å². The Hall–Kier alpha value is -2.37. The quantitative estimate of drug-likeness (QED) is 0.848. The predicted molar refractivity (Wildman–Crippen MR) is 90.8 cm³/mol. The molecule has 0 saturated carbocycles. The Bertz CT molecular complexity index is 711. The summed E-state index contributed by atoms with van der Waals surface area (Å²) < 4.78 is 7.38. The molecule has 1 aromatic carbocycles. The molecule has 0 spiro atoms. The van der Waals surface area contributed by atoms with Gasteiger partial charge in [0.15, 0.2) is 5.82 Å². The van der Waals surface area contributed by atoms with E-state index in [1.807, 2.05) is 28.9 Å². The van der Waals surface area contributed by atoms with E-state index in [-0.39, 0.29) is 11.9 Å². The van der Waals surface area contributed by atoms with E-state index in [1.165, 1.54) is 0 Å². The predicted octanol–water partition coefficient (Wildman–Crippen LogP) is 2.63. The minimum Gasteiger partial charge on any atom is -0.496 e. The molecule has 1 aliphatic heterocycles. The van der Waals surface area contributed by atoms with Crippen molar-refractivity contribution in [1.29, 1.82) is 0 Å². The number of hydrogen-bond acceptors (Lipinski definition) is 4. The summed E-state index contributed by atoms with van der Waals surface area (Å²) in [5.41, 5.74) is 1.06. The first kappa shape index (κ1) is 16.5. The van der Waals surface area contributed by atoms with E-state index >= 15 is 0 Å². The lowest BCUT2D eigenvalue weighted by molar-refractivity contribution is -0.119. The van der Waals surface area contributed by atoms with Crippen molar-refractivity contribution in [3.63, 3.8) is 0 Å². The van der Waals surface area contributed by atoms with Crippen LogP contribution in [0.25, 0.3) is 0 Å². The number of carbonyl (C=O) groups excluding carboxylic acids is 1. The zero-order chi connectivity index (χ0) is 16.9. The first-order valence-electron chi connectivity index (χ1n) is 8.56. The van der Waals surface area contributed by atoms with Crippen LogP contribution in [0.1, 0.15) is 55.9 Å². The molecule has 24 heavy (non-hydrogen) atoms. The number of unbranched alkanes of at least 4 members (excludes halogenated alkanes) is 1. The monoisotopic (exact) mass is 328 g/mol. The van der Waals surface area contributed by atoms with E-state index in [9.17, 15) is 4.79 Å². The molecule has 128 valence electrons. The smallest absolute Gasteiger partial charge is 0.220 e. The number of ether oxygens (including phenoxy) is 1. The molecule has 6 nitrogen and oxygen atoms in total. The summed E-state index contributed by atoms with van der Waals surface area (Å²) in [6.07, 6.45) is 4.12. The molecule has 0 bridgehead atoms. The molecule has 2 heterocycles. The molecular weight excluding hydrogens is 304 g/mol. The summed E-state index contributed by atoms with van der Waals surface area (Å²) in [7, 11) is 1.67. The average molecular weight is 328 g/mol. The van der Waals surface area contributed by atoms with Crippen molar-refractivity contribution in [1.82, 2.24) is 20.1 Å². The number of rotatable bonds is 7. The fraction of sp³-hybridized carbons (Fsp3) is 0.500. The van der Waals surface area contributed by atoms with Gasteiger partial charge in [0.25, 0.3) is 0 Å². The third-order valence-electron chi connectivity index (χ3n) is 4.32. The van der Waals surface area contributed by atoms with Gasteiger partial charge < -0.3 is 10.1 Å². The maximum atomic E-state index is 11.5. The minimum absolute atomic E-state index is 0.0201. The Labute approximate surface area is 142 Å². The van der Waals surface area contributed by atoms with Crippen molar-refractivity contribution in [2.75, 3.05) is 7.11 Å². The van der Waals surface area contributed by atoms with Gasteiger partial charge in [-0.3, -0.25) is 4.79 Å². The molecule has 0 radical (unpaired) electrons. The minimum atomic E-state index is -0.0201. The molecule has 1 N–H and O–H groups in total. The van der Waals surface area contributed by atoms with Crippen LogP contribution in [0.15, 0.2) is 24.3 Å². The van der Waals surface area contributed by atoms with Gasteiger partial charge >= 0.3 is 0 Å². The summed E-state index contributed by atoms with van der Waals surface area (Å²) >= 11 is 0. The van der Waals surface area contributed by atoms with Gasteiger partial charge in [-0.2, -0.15) is 5.10 Å². The molecule has 1 unspecified atom stereocenters. The maximum Gasteiger partial charge on any atom is 0.220 e. The topological polar surface area (TPSA) is 69.0 Å². The van der Waals surface area contributed by atoms with Gasteiger partial charge in [-0.15, -0.1) is 0 Å². The number of benzene rings is 1. The van der Waals surface area contributed by atoms with Crippen molar-refractivity contribution in [3.8, 4) is 5.75 Å². The van der Waals surface area contributed by atoms with Crippen molar-refractivity contribution >= 4 is 5.91 Å². The molecule has 6 heteroatoms. The highest BCUT2D eigenvalue weighted by atomic mass is 16.5. The molecule has 3 rings (SSSR count). The lowest BCUT2D eigenvalue weighted by atomic mass is 10.1. The number of amides is 1. The molecule has 1 saturated heterocycles. The first-order chi connectivity index (χ1) is 11.7. The van der Waals surface area contributed by atoms with Crippen LogP contribution in [0.3, 0.4) is 0 Å². The fourth-order valence-electron chi connectivity index (χ4n) is 3.04. The van der Waals surface area contributed by atoms with E-state index in [0.29, 0.717) is 12.8 Å². The van der Waals surface area contributed by atoms with Crippen LogP contribution in [0.5, 0.6) is 5.75 Å². The summed E-state index contributed by atoms with van der Waals surface area (Å²) in [6, 6.07) is 7.90. The SMILES string of the molecule is CCCCn1nc(Cc2ccccc2OC)nc1C1CCC(=O)N1. The summed E-state index contributed by atoms with van der Waals surface area (Å²) in [5, 5.41) is 7.69. The third-order valence-corrected chi connectivity index (χ3v) is 4.32. The maximum absolute atomic E-state index is 11.5. The molecule has 1 fully saturated rings.